The van der Waals surface area contributed by atoms with Gasteiger partial charge < -0.3 is 33.9 Å². The van der Waals surface area contributed by atoms with E-state index in [-0.39, 0.29) is 13.2 Å². The first-order valence-corrected chi connectivity index (χ1v) is 10.6. The third-order valence-corrected chi connectivity index (χ3v) is 4.97. The first kappa shape index (κ1) is 24.1. The van der Waals surface area contributed by atoms with E-state index in [0.29, 0.717) is 13.2 Å². The van der Waals surface area contributed by atoms with Gasteiger partial charge in [0.1, 0.15) is 30.2 Å². The lowest BCUT2D eigenvalue weighted by Crippen LogP contribution is -2.60. The fraction of sp³-hybridized carbons (Fsp3) is 0.727. The van der Waals surface area contributed by atoms with E-state index in [2.05, 4.69) is 13.8 Å². The van der Waals surface area contributed by atoms with E-state index < -0.39 is 30.7 Å². The quantitative estimate of drug-likeness (QED) is 0.482. The Hall–Kier alpha value is -1.22. The van der Waals surface area contributed by atoms with Crippen LogP contribution in [0.25, 0.3) is 0 Å². The first-order valence-electron chi connectivity index (χ1n) is 10.6. The lowest BCUT2D eigenvalue weighted by molar-refractivity contribution is -0.307. The van der Waals surface area contributed by atoms with E-state index >= 15 is 0 Å². The molecule has 1 heterocycles. The number of hydrogen-bond donors (Lipinski definition) is 2. The van der Waals surface area contributed by atoms with Gasteiger partial charge in [0.15, 0.2) is 6.29 Å². The van der Waals surface area contributed by atoms with E-state index in [1.165, 1.54) is 0 Å². The summed E-state index contributed by atoms with van der Waals surface area (Å²) in [5.41, 5.74) is 0.902. The summed E-state index contributed by atoms with van der Waals surface area (Å²) in [6.45, 7) is 5.78. The maximum atomic E-state index is 10.9. The standard InChI is InChI=1S/C22H36O7/c1-4-6-12-26-15-18-20(27-13-7-5-2)19(23)21(22(24)29-18)28-14-16-8-10-17(25-3)11-9-16/h8-11,18-24H,4-7,12-15H2,1-3H3/t18?,19?,20-,21-,22+/m0/s1. The minimum absolute atomic E-state index is 0.228. The molecule has 7 nitrogen and oxygen atoms in total. The van der Waals surface area contributed by atoms with Gasteiger partial charge >= 0.3 is 0 Å². The Morgan fingerprint density at radius 2 is 1.62 bits per heavy atom. The Kier molecular flexibility index (Phi) is 10.9. The van der Waals surface area contributed by atoms with Gasteiger partial charge in [-0.05, 0) is 30.5 Å². The summed E-state index contributed by atoms with van der Waals surface area (Å²) in [6, 6.07) is 7.42. The van der Waals surface area contributed by atoms with Crippen LogP contribution >= 0.6 is 0 Å². The summed E-state index contributed by atoms with van der Waals surface area (Å²) in [5.74, 6) is 0.755. The molecule has 1 aromatic rings. The number of aliphatic hydroxyl groups excluding tert-OH is 2. The Morgan fingerprint density at radius 1 is 0.931 bits per heavy atom. The Balaban J connectivity index is 1.96. The maximum absolute atomic E-state index is 10.9. The normalized spacial score (nSPS) is 27.1. The number of methoxy groups -OCH3 is 1. The minimum atomic E-state index is -1.26. The predicted molar refractivity (Wildman–Crippen MR) is 109 cm³/mol. The molecule has 2 unspecified atom stereocenters. The molecule has 166 valence electrons. The number of ether oxygens (including phenoxy) is 5. The highest BCUT2D eigenvalue weighted by Crippen LogP contribution is 2.26. The summed E-state index contributed by atoms with van der Waals surface area (Å²) in [5, 5.41) is 21.3. The molecular weight excluding hydrogens is 376 g/mol. The van der Waals surface area contributed by atoms with Gasteiger partial charge in [0.2, 0.25) is 0 Å². The van der Waals surface area contributed by atoms with E-state index in [1.54, 1.807) is 7.11 Å². The molecule has 1 fully saturated rings. The molecule has 7 heteroatoms. The van der Waals surface area contributed by atoms with Crippen LogP contribution < -0.4 is 4.74 Å². The van der Waals surface area contributed by atoms with Gasteiger partial charge in [-0.25, -0.2) is 0 Å². The van der Waals surface area contributed by atoms with Gasteiger partial charge in [-0.3, -0.25) is 0 Å². The monoisotopic (exact) mass is 412 g/mol. The fourth-order valence-corrected chi connectivity index (χ4v) is 3.15. The number of aliphatic hydroxyl groups is 2. The van der Waals surface area contributed by atoms with E-state index in [4.69, 9.17) is 23.7 Å². The number of hydrogen-bond acceptors (Lipinski definition) is 7. The van der Waals surface area contributed by atoms with Gasteiger partial charge in [0.05, 0.1) is 20.3 Å². The van der Waals surface area contributed by atoms with Crippen molar-refractivity contribution in [3.05, 3.63) is 29.8 Å². The highest BCUT2D eigenvalue weighted by Gasteiger charge is 2.46. The average molecular weight is 413 g/mol. The zero-order valence-corrected chi connectivity index (χ0v) is 17.8. The molecule has 2 N–H and O–H groups in total. The summed E-state index contributed by atoms with van der Waals surface area (Å²) in [7, 11) is 1.61. The molecule has 0 spiro atoms. The number of benzene rings is 1. The van der Waals surface area contributed by atoms with Crippen molar-refractivity contribution in [1.82, 2.24) is 0 Å². The van der Waals surface area contributed by atoms with Crippen LogP contribution in [0.15, 0.2) is 24.3 Å². The van der Waals surface area contributed by atoms with Crippen LogP contribution in [0.2, 0.25) is 0 Å². The van der Waals surface area contributed by atoms with Crippen LogP contribution in [-0.4, -0.2) is 67.8 Å². The van der Waals surface area contributed by atoms with Crippen LogP contribution in [-0.2, 0) is 25.6 Å². The third-order valence-electron chi connectivity index (χ3n) is 4.97. The van der Waals surface area contributed by atoms with Crippen LogP contribution in [0.5, 0.6) is 5.75 Å². The third kappa shape index (κ3) is 7.51. The molecule has 0 bridgehead atoms. The van der Waals surface area contributed by atoms with Crippen molar-refractivity contribution in [2.45, 2.75) is 76.8 Å². The molecule has 5 atom stereocenters. The molecular formula is C22H36O7. The second-order valence-corrected chi connectivity index (χ2v) is 7.30. The van der Waals surface area contributed by atoms with Crippen LogP contribution in [0, 0.1) is 0 Å². The zero-order chi connectivity index (χ0) is 21.1. The van der Waals surface area contributed by atoms with Crippen molar-refractivity contribution >= 4 is 0 Å². The van der Waals surface area contributed by atoms with Crippen LogP contribution in [0.4, 0.5) is 0 Å². The molecule has 1 aliphatic rings. The molecule has 0 radical (unpaired) electrons. The van der Waals surface area contributed by atoms with E-state index in [1.807, 2.05) is 24.3 Å². The van der Waals surface area contributed by atoms with Crippen molar-refractivity contribution in [3.8, 4) is 5.75 Å². The predicted octanol–water partition coefficient (Wildman–Crippen LogP) is 2.66. The van der Waals surface area contributed by atoms with Crippen molar-refractivity contribution in [3.63, 3.8) is 0 Å². The molecule has 0 aromatic heterocycles. The average Bonchev–Trinajstić information content (AvgIpc) is 2.73. The fourth-order valence-electron chi connectivity index (χ4n) is 3.15. The second kappa shape index (κ2) is 13.2. The lowest BCUT2D eigenvalue weighted by Gasteiger charge is -2.42. The lowest BCUT2D eigenvalue weighted by atomic mass is 9.98. The van der Waals surface area contributed by atoms with Crippen molar-refractivity contribution in [1.29, 1.82) is 0 Å². The maximum Gasteiger partial charge on any atom is 0.184 e. The molecule has 1 aliphatic heterocycles. The molecule has 0 aliphatic carbocycles. The molecule has 2 rings (SSSR count). The largest absolute Gasteiger partial charge is 0.497 e. The summed E-state index contributed by atoms with van der Waals surface area (Å²) in [4.78, 5) is 0. The van der Waals surface area contributed by atoms with Gasteiger partial charge in [0.25, 0.3) is 0 Å². The van der Waals surface area contributed by atoms with E-state index in [0.717, 1.165) is 37.0 Å². The number of unbranched alkanes of at least 4 members (excludes halogenated alkanes) is 2. The second-order valence-electron chi connectivity index (χ2n) is 7.30. The Bertz CT molecular complexity index is 551. The summed E-state index contributed by atoms with van der Waals surface area (Å²) in [6.07, 6.45) is -0.491. The van der Waals surface area contributed by atoms with Gasteiger partial charge in [-0.1, -0.05) is 38.8 Å². The van der Waals surface area contributed by atoms with Gasteiger partial charge in [-0.2, -0.15) is 0 Å². The highest BCUT2D eigenvalue weighted by molar-refractivity contribution is 5.26. The molecule has 1 aromatic carbocycles. The van der Waals surface area contributed by atoms with Gasteiger partial charge in [0, 0.05) is 13.2 Å². The smallest absolute Gasteiger partial charge is 0.184 e. The molecule has 1 saturated heterocycles. The highest BCUT2D eigenvalue weighted by atomic mass is 16.7. The topological polar surface area (TPSA) is 86.6 Å². The SMILES string of the molecule is CCCCOCC1O[C@@H](O)[C@@H](OCc2ccc(OC)cc2)C(O)[C@H]1OCCCC. The van der Waals surface area contributed by atoms with Crippen LogP contribution in [0.3, 0.4) is 0 Å². The Labute approximate surface area is 173 Å². The molecule has 29 heavy (non-hydrogen) atoms. The van der Waals surface area contributed by atoms with Gasteiger partial charge in [-0.15, -0.1) is 0 Å². The zero-order valence-electron chi connectivity index (χ0n) is 17.8. The first-order chi connectivity index (χ1) is 14.1. The minimum Gasteiger partial charge on any atom is -0.497 e. The number of rotatable bonds is 13. The summed E-state index contributed by atoms with van der Waals surface area (Å²) < 4.78 is 28.2. The van der Waals surface area contributed by atoms with Crippen molar-refractivity contribution in [2.75, 3.05) is 26.9 Å². The van der Waals surface area contributed by atoms with Crippen LogP contribution in [0.1, 0.15) is 45.1 Å². The molecule has 0 amide bonds. The van der Waals surface area contributed by atoms with Crippen molar-refractivity contribution in [2.24, 2.45) is 0 Å². The van der Waals surface area contributed by atoms with E-state index in [9.17, 15) is 10.2 Å². The van der Waals surface area contributed by atoms with Crippen molar-refractivity contribution < 1.29 is 33.9 Å². The molecule has 0 saturated carbocycles. The summed E-state index contributed by atoms with van der Waals surface area (Å²) >= 11 is 0. The Morgan fingerprint density at radius 3 is 2.28 bits per heavy atom.